The van der Waals surface area contributed by atoms with Crippen LogP contribution in [-0.4, -0.2) is 26.3 Å². The monoisotopic (exact) mass is 328 g/mol. The normalized spacial score (nSPS) is 10.6. The van der Waals surface area contributed by atoms with Crippen LogP contribution in [0.25, 0.3) is 0 Å². The maximum absolute atomic E-state index is 12.4. The summed E-state index contributed by atoms with van der Waals surface area (Å²) in [4.78, 5) is 12.4. The van der Waals surface area contributed by atoms with E-state index in [1.54, 1.807) is 7.11 Å². The quantitative estimate of drug-likeness (QED) is 0.519. The summed E-state index contributed by atoms with van der Waals surface area (Å²) >= 11 is 0. The van der Waals surface area contributed by atoms with Gasteiger partial charge in [0.25, 0.3) is 0 Å². The zero-order valence-corrected chi connectivity index (χ0v) is 14.3. The molecule has 0 aliphatic rings. The van der Waals surface area contributed by atoms with E-state index in [4.69, 9.17) is 14.2 Å². The predicted molar refractivity (Wildman–Crippen MR) is 92.9 cm³/mol. The molecule has 0 saturated carbocycles. The Balaban J connectivity index is 2.04. The SMILES string of the molecule is CCc1c(COCCOC)cccc1C(=O)OCc1ccccc1. The van der Waals surface area contributed by atoms with Gasteiger partial charge < -0.3 is 14.2 Å². The molecule has 0 saturated heterocycles. The number of rotatable bonds is 9. The second kappa shape index (κ2) is 9.85. The van der Waals surface area contributed by atoms with E-state index in [1.807, 2.05) is 55.5 Å². The molecule has 0 N–H and O–H groups in total. The Morgan fingerprint density at radius 1 is 0.958 bits per heavy atom. The van der Waals surface area contributed by atoms with Crippen LogP contribution < -0.4 is 0 Å². The minimum Gasteiger partial charge on any atom is -0.457 e. The first-order chi connectivity index (χ1) is 11.8. The van der Waals surface area contributed by atoms with Crippen molar-refractivity contribution in [3.05, 3.63) is 70.8 Å². The molecule has 0 unspecified atom stereocenters. The van der Waals surface area contributed by atoms with E-state index in [9.17, 15) is 4.79 Å². The summed E-state index contributed by atoms with van der Waals surface area (Å²) in [5, 5.41) is 0. The van der Waals surface area contributed by atoms with Crippen LogP contribution >= 0.6 is 0 Å². The molecule has 2 aromatic rings. The number of hydrogen-bond donors (Lipinski definition) is 0. The van der Waals surface area contributed by atoms with E-state index < -0.39 is 0 Å². The lowest BCUT2D eigenvalue weighted by molar-refractivity contribution is 0.0469. The molecule has 2 rings (SSSR count). The zero-order chi connectivity index (χ0) is 17.2. The molecule has 0 aliphatic carbocycles. The van der Waals surface area contributed by atoms with Crippen LogP contribution in [0, 0.1) is 0 Å². The highest BCUT2D eigenvalue weighted by molar-refractivity contribution is 5.91. The summed E-state index contributed by atoms with van der Waals surface area (Å²) in [6, 6.07) is 15.3. The van der Waals surface area contributed by atoms with Gasteiger partial charge in [-0.15, -0.1) is 0 Å². The third kappa shape index (κ3) is 5.18. The van der Waals surface area contributed by atoms with Crippen molar-refractivity contribution >= 4 is 5.97 Å². The van der Waals surface area contributed by atoms with E-state index in [0.717, 1.165) is 23.1 Å². The van der Waals surface area contributed by atoms with Crippen LogP contribution in [0.2, 0.25) is 0 Å². The molecule has 0 amide bonds. The maximum Gasteiger partial charge on any atom is 0.338 e. The molecule has 0 aliphatic heterocycles. The molecule has 0 aromatic heterocycles. The topological polar surface area (TPSA) is 44.8 Å². The smallest absolute Gasteiger partial charge is 0.338 e. The van der Waals surface area contributed by atoms with Crippen molar-refractivity contribution in [3.8, 4) is 0 Å². The molecule has 128 valence electrons. The van der Waals surface area contributed by atoms with Gasteiger partial charge in [0.1, 0.15) is 6.61 Å². The van der Waals surface area contributed by atoms with Crippen molar-refractivity contribution in [1.29, 1.82) is 0 Å². The molecule has 0 bridgehead atoms. The highest BCUT2D eigenvalue weighted by atomic mass is 16.5. The highest BCUT2D eigenvalue weighted by Gasteiger charge is 2.15. The third-order valence-corrected chi connectivity index (χ3v) is 3.75. The fraction of sp³-hybridized carbons (Fsp3) is 0.350. The molecule has 4 nitrogen and oxygen atoms in total. The van der Waals surface area contributed by atoms with Gasteiger partial charge in [-0.25, -0.2) is 4.79 Å². The van der Waals surface area contributed by atoms with E-state index in [-0.39, 0.29) is 12.6 Å². The summed E-state index contributed by atoms with van der Waals surface area (Å²) in [5.74, 6) is -0.297. The van der Waals surface area contributed by atoms with Crippen molar-refractivity contribution in [1.82, 2.24) is 0 Å². The first kappa shape index (κ1) is 18.2. The van der Waals surface area contributed by atoms with Gasteiger partial charge in [-0.3, -0.25) is 0 Å². The highest BCUT2D eigenvalue weighted by Crippen LogP contribution is 2.18. The summed E-state index contributed by atoms with van der Waals surface area (Å²) in [6.07, 6.45) is 0.750. The summed E-state index contributed by atoms with van der Waals surface area (Å²) in [5.41, 5.74) is 3.58. The van der Waals surface area contributed by atoms with Gasteiger partial charge in [0.15, 0.2) is 0 Å². The van der Waals surface area contributed by atoms with E-state index in [0.29, 0.717) is 25.4 Å². The van der Waals surface area contributed by atoms with Gasteiger partial charge >= 0.3 is 5.97 Å². The van der Waals surface area contributed by atoms with Gasteiger partial charge in [-0.2, -0.15) is 0 Å². The summed E-state index contributed by atoms with van der Waals surface area (Å²) < 4.78 is 16.0. The number of ether oxygens (including phenoxy) is 3. The number of benzene rings is 2. The van der Waals surface area contributed by atoms with Crippen molar-refractivity contribution < 1.29 is 19.0 Å². The molecule has 0 fully saturated rings. The Labute approximate surface area is 143 Å². The number of hydrogen-bond acceptors (Lipinski definition) is 4. The lowest BCUT2D eigenvalue weighted by Gasteiger charge is -2.13. The van der Waals surface area contributed by atoms with E-state index >= 15 is 0 Å². The van der Waals surface area contributed by atoms with Gasteiger partial charge in [-0.1, -0.05) is 49.4 Å². The largest absolute Gasteiger partial charge is 0.457 e. The standard InChI is InChI=1S/C20H24O4/c1-3-18-17(15-23-13-12-22-2)10-7-11-19(18)20(21)24-14-16-8-5-4-6-9-16/h4-11H,3,12-15H2,1-2H3. The Kier molecular flexibility index (Phi) is 7.46. The van der Waals surface area contributed by atoms with Crippen LogP contribution in [0.4, 0.5) is 0 Å². The average molecular weight is 328 g/mol. The molecule has 4 heteroatoms. The summed E-state index contributed by atoms with van der Waals surface area (Å²) in [6.45, 7) is 3.86. The Hall–Kier alpha value is -2.17. The Morgan fingerprint density at radius 2 is 1.75 bits per heavy atom. The molecular weight excluding hydrogens is 304 g/mol. The Morgan fingerprint density at radius 3 is 2.46 bits per heavy atom. The number of carbonyl (C=O) groups is 1. The van der Waals surface area contributed by atoms with Gasteiger partial charge in [0, 0.05) is 7.11 Å². The van der Waals surface area contributed by atoms with Crippen LogP contribution in [0.15, 0.2) is 48.5 Å². The molecule has 0 heterocycles. The van der Waals surface area contributed by atoms with Crippen molar-refractivity contribution in [3.63, 3.8) is 0 Å². The Bertz CT molecular complexity index is 637. The number of esters is 1. The second-order valence-corrected chi connectivity index (χ2v) is 5.40. The molecule has 2 aromatic carbocycles. The molecule has 0 atom stereocenters. The van der Waals surface area contributed by atoms with Crippen LogP contribution in [0.3, 0.4) is 0 Å². The third-order valence-electron chi connectivity index (χ3n) is 3.75. The van der Waals surface area contributed by atoms with Crippen LogP contribution in [0.5, 0.6) is 0 Å². The van der Waals surface area contributed by atoms with Gasteiger partial charge in [0.05, 0.1) is 25.4 Å². The van der Waals surface area contributed by atoms with Crippen molar-refractivity contribution in [2.24, 2.45) is 0 Å². The number of methoxy groups -OCH3 is 1. The second-order valence-electron chi connectivity index (χ2n) is 5.40. The minimum atomic E-state index is -0.297. The zero-order valence-electron chi connectivity index (χ0n) is 14.3. The van der Waals surface area contributed by atoms with Crippen LogP contribution in [0.1, 0.15) is 34.0 Å². The fourth-order valence-electron chi connectivity index (χ4n) is 2.50. The fourth-order valence-corrected chi connectivity index (χ4v) is 2.50. The number of carbonyl (C=O) groups excluding carboxylic acids is 1. The lowest BCUT2D eigenvalue weighted by Crippen LogP contribution is -2.11. The molecular formula is C20H24O4. The van der Waals surface area contributed by atoms with E-state index in [1.165, 1.54) is 0 Å². The van der Waals surface area contributed by atoms with E-state index in [2.05, 4.69) is 0 Å². The minimum absolute atomic E-state index is 0.275. The first-order valence-electron chi connectivity index (χ1n) is 8.14. The molecule has 0 radical (unpaired) electrons. The molecule has 24 heavy (non-hydrogen) atoms. The predicted octanol–water partition coefficient (Wildman–Crippen LogP) is 3.77. The average Bonchev–Trinajstić information content (AvgIpc) is 2.63. The van der Waals surface area contributed by atoms with Gasteiger partial charge in [0.2, 0.25) is 0 Å². The maximum atomic E-state index is 12.4. The van der Waals surface area contributed by atoms with Gasteiger partial charge in [-0.05, 0) is 29.2 Å². The first-order valence-corrected chi connectivity index (χ1v) is 8.14. The van der Waals surface area contributed by atoms with Crippen molar-refractivity contribution in [2.75, 3.05) is 20.3 Å². The van der Waals surface area contributed by atoms with Crippen LogP contribution in [-0.2, 0) is 33.8 Å². The lowest BCUT2D eigenvalue weighted by atomic mass is 9.99. The molecule has 0 spiro atoms. The van der Waals surface area contributed by atoms with Crippen molar-refractivity contribution in [2.45, 2.75) is 26.6 Å². The summed E-state index contributed by atoms with van der Waals surface area (Å²) in [7, 11) is 1.64.